The average molecular weight is 251 g/mol. The Kier molecular flexibility index (Phi) is 7.27. The van der Waals surface area contributed by atoms with Crippen LogP contribution in [0.15, 0.2) is 0 Å². The van der Waals surface area contributed by atoms with Gasteiger partial charge in [0.05, 0.1) is 12.8 Å². The molecule has 0 aromatic carbocycles. The fourth-order valence-electron chi connectivity index (χ4n) is 0.907. The first-order valence-corrected chi connectivity index (χ1v) is 7.12. The van der Waals surface area contributed by atoms with Gasteiger partial charge in [0, 0.05) is 19.6 Å². The first-order valence-electron chi connectivity index (χ1n) is 5.23. The maximum Gasteiger partial charge on any atom is 0.233 e. The molecular formula is C9H21N3O3S. The second-order valence-electron chi connectivity index (χ2n) is 4.04. The van der Waals surface area contributed by atoms with Crippen molar-refractivity contribution in [2.24, 2.45) is 5.92 Å². The minimum Gasteiger partial charge on any atom is -0.355 e. The lowest BCUT2D eigenvalue weighted by Crippen LogP contribution is -2.38. The number of carbonyl (C=O) groups is 1. The van der Waals surface area contributed by atoms with Crippen molar-refractivity contribution in [2.45, 2.75) is 13.8 Å². The summed E-state index contributed by atoms with van der Waals surface area (Å²) in [6, 6.07) is 0. The summed E-state index contributed by atoms with van der Waals surface area (Å²) in [6.45, 7) is 5.62. The average Bonchev–Trinajstić information content (AvgIpc) is 2.12. The van der Waals surface area contributed by atoms with E-state index in [9.17, 15) is 13.2 Å². The van der Waals surface area contributed by atoms with Crippen molar-refractivity contribution in [3.05, 3.63) is 0 Å². The lowest BCUT2D eigenvalue weighted by atomic mass is 10.2. The molecule has 0 unspecified atom stereocenters. The van der Waals surface area contributed by atoms with Gasteiger partial charge in [-0.1, -0.05) is 13.8 Å². The lowest BCUT2D eigenvalue weighted by molar-refractivity contribution is -0.120. The molecule has 0 aromatic heterocycles. The molecule has 3 N–H and O–H groups in total. The van der Waals surface area contributed by atoms with Crippen molar-refractivity contribution >= 4 is 15.9 Å². The van der Waals surface area contributed by atoms with E-state index in [1.54, 1.807) is 0 Å². The highest BCUT2D eigenvalue weighted by atomic mass is 32.2. The normalized spacial score (nSPS) is 11.8. The molecule has 0 aliphatic rings. The molecule has 6 nitrogen and oxygen atoms in total. The Morgan fingerprint density at radius 1 is 1.25 bits per heavy atom. The molecule has 0 atom stereocenters. The first-order chi connectivity index (χ1) is 7.31. The summed E-state index contributed by atoms with van der Waals surface area (Å²) in [7, 11) is -3.14. The number of sulfonamides is 1. The SMILES string of the molecule is CC(C)CNC(=O)CNCCNS(C)(=O)=O. The molecule has 7 heteroatoms. The summed E-state index contributed by atoms with van der Waals surface area (Å²) in [6.07, 6.45) is 1.10. The number of amides is 1. The standard InChI is InChI=1S/C9H21N3O3S/c1-8(2)6-11-9(13)7-10-4-5-12-16(3,14)15/h8,10,12H,4-7H2,1-3H3,(H,11,13). The Bertz CT molecular complexity index is 301. The fraction of sp³-hybridized carbons (Fsp3) is 0.889. The molecular weight excluding hydrogens is 230 g/mol. The van der Waals surface area contributed by atoms with Crippen molar-refractivity contribution in [3.63, 3.8) is 0 Å². The zero-order chi connectivity index (χ0) is 12.6. The van der Waals surface area contributed by atoms with E-state index in [1.165, 1.54) is 0 Å². The number of hydrogen-bond donors (Lipinski definition) is 3. The van der Waals surface area contributed by atoms with E-state index in [0.717, 1.165) is 6.26 Å². The Labute approximate surface area is 97.2 Å². The van der Waals surface area contributed by atoms with Crippen molar-refractivity contribution in [1.29, 1.82) is 0 Å². The van der Waals surface area contributed by atoms with Gasteiger partial charge in [-0.25, -0.2) is 13.1 Å². The van der Waals surface area contributed by atoms with Crippen LogP contribution in [-0.2, 0) is 14.8 Å². The van der Waals surface area contributed by atoms with E-state index in [1.807, 2.05) is 13.8 Å². The van der Waals surface area contributed by atoms with Crippen LogP contribution in [0.3, 0.4) is 0 Å². The highest BCUT2D eigenvalue weighted by Crippen LogP contribution is 1.85. The van der Waals surface area contributed by atoms with Gasteiger partial charge in [0.1, 0.15) is 0 Å². The lowest BCUT2D eigenvalue weighted by Gasteiger charge is -2.08. The van der Waals surface area contributed by atoms with Crippen LogP contribution in [0.4, 0.5) is 0 Å². The molecule has 0 fully saturated rings. The second kappa shape index (κ2) is 7.59. The molecule has 96 valence electrons. The van der Waals surface area contributed by atoms with Crippen LogP contribution >= 0.6 is 0 Å². The van der Waals surface area contributed by atoms with Crippen LogP contribution in [0.2, 0.25) is 0 Å². The molecule has 0 saturated carbocycles. The summed E-state index contributed by atoms with van der Waals surface area (Å²) in [4.78, 5) is 11.2. The third-order valence-electron chi connectivity index (χ3n) is 1.66. The zero-order valence-electron chi connectivity index (χ0n) is 10.0. The first kappa shape index (κ1) is 15.3. The Morgan fingerprint density at radius 2 is 1.88 bits per heavy atom. The molecule has 0 aliphatic heterocycles. The van der Waals surface area contributed by atoms with Crippen LogP contribution in [-0.4, -0.2) is 46.8 Å². The number of hydrogen-bond acceptors (Lipinski definition) is 4. The van der Waals surface area contributed by atoms with E-state index in [4.69, 9.17) is 0 Å². The molecule has 0 bridgehead atoms. The molecule has 0 aliphatic carbocycles. The molecule has 0 rings (SSSR count). The van der Waals surface area contributed by atoms with Crippen LogP contribution in [0, 0.1) is 5.92 Å². The fourth-order valence-corrected chi connectivity index (χ4v) is 1.38. The van der Waals surface area contributed by atoms with Crippen molar-refractivity contribution in [1.82, 2.24) is 15.4 Å². The van der Waals surface area contributed by atoms with Crippen LogP contribution in [0.1, 0.15) is 13.8 Å². The van der Waals surface area contributed by atoms with Gasteiger partial charge < -0.3 is 10.6 Å². The molecule has 1 amide bonds. The van der Waals surface area contributed by atoms with Gasteiger partial charge in [-0.15, -0.1) is 0 Å². The topological polar surface area (TPSA) is 87.3 Å². The van der Waals surface area contributed by atoms with E-state index in [0.29, 0.717) is 19.0 Å². The third-order valence-corrected chi connectivity index (χ3v) is 2.39. The van der Waals surface area contributed by atoms with Crippen molar-refractivity contribution in [2.75, 3.05) is 32.4 Å². The Hall–Kier alpha value is -0.660. The number of carbonyl (C=O) groups excluding carboxylic acids is 1. The third kappa shape index (κ3) is 11.4. The molecule has 0 saturated heterocycles. The summed E-state index contributed by atoms with van der Waals surface area (Å²) >= 11 is 0. The monoisotopic (exact) mass is 251 g/mol. The van der Waals surface area contributed by atoms with Crippen molar-refractivity contribution < 1.29 is 13.2 Å². The van der Waals surface area contributed by atoms with E-state index >= 15 is 0 Å². The summed E-state index contributed by atoms with van der Waals surface area (Å²) in [5, 5.41) is 5.59. The van der Waals surface area contributed by atoms with Gasteiger partial charge in [-0.2, -0.15) is 0 Å². The van der Waals surface area contributed by atoms with Crippen LogP contribution in [0.5, 0.6) is 0 Å². The quantitative estimate of drug-likeness (QED) is 0.478. The highest BCUT2D eigenvalue weighted by molar-refractivity contribution is 7.88. The van der Waals surface area contributed by atoms with Crippen LogP contribution < -0.4 is 15.4 Å². The molecule has 0 radical (unpaired) electrons. The second-order valence-corrected chi connectivity index (χ2v) is 5.87. The number of nitrogens with one attached hydrogen (secondary N) is 3. The number of rotatable bonds is 8. The summed E-state index contributed by atoms with van der Waals surface area (Å²) in [5.74, 6) is 0.351. The maximum atomic E-state index is 11.2. The van der Waals surface area contributed by atoms with Gasteiger partial charge in [0.2, 0.25) is 15.9 Å². The molecule has 0 heterocycles. The highest BCUT2D eigenvalue weighted by Gasteiger charge is 2.02. The predicted octanol–water partition coefficient (Wildman–Crippen LogP) is -1.10. The van der Waals surface area contributed by atoms with Gasteiger partial charge in [0.25, 0.3) is 0 Å². The zero-order valence-corrected chi connectivity index (χ0v) is 10.9. The van der Waals surface area contributed by atoms with E-state index < -0.39 is 10.0 Å². The maximum absolute atomic E-state index is 11.2. The predicted molar refractivity (Wildman–Crippen MR) is 63.6 cm³/mol. The molecule has 16 heavy (non-hydrogen) atoms. The van der Waals surface area contributed by atoms with Gasteiger partial charge in [0.15, 0.2) is 0 Å². The largest absolute Gasteiger partial charge is 0.355 e. The van der Waals surface area contributed by atoms with Gasteiger partial charge >= 0.3 is 0 Å². The van der Waals surface area contributed by atoms with E-state index in [-0.39, 0.29) is 19.0 Å². The van der Waals surface area contributed by atoms with Crippen molar-refractivity contribution in [3.8, 4) is 0 Å². The minimum atomic E-state index is -3.14. The smallest absolute Gasteiger partial charge is 0.233 e. The Balaban J connectivity index is 3.42. The van der Waals surface area contributed by atoms with E-state index in [2.05, 4.69) is 15.4 Å². The van der Waals surface area contributed by atoms with Gasteiger partial charge in [-0.05, 0) is 5.92 Å². The minimum absolute atomic E-state index is 0.0759. The summed E-state index contributed by atoms with van der Waals surface area (Å²) < 4.78 is 23.7. The Morgan fingerprint density at radius 3 is 2.38 bits per heavy atom. The van der Waals surface area contributed by atoms with Gasteiger partial charge in [-0.3, -0.25) is 4.79 Å². The van der Waals surface area contributed by atoms with Crippen LogP contribution in [0.25, 0.3) is 0 Å². The molecule has 0 spiro atoms. The molecule has 0 aromatic rings. The summed E-state index contributed by atoms with van der Waals surface area (Å²) in [5.41, 5.74) is 0.